The maximum absolute atomic E-state index is 14.6. The molecule has 3 aliphatic heterocycles. The minimum absolute atomic E-state index is 0.349. The number of hydrogen-bond donors (Lipinski definition) is 11. The number of benzene rings is 3. The Hall–Kier alpha value is -4.79. The summed E-state index contributed by atoms with van der Waals surface area (Å²) in [5.41, 5.74) is -1.66. The second kappa shape index (κ2) is 23.6. The van der Waals surface area contributed by atoms with Crippen molar-refractivity contribution >= 4 is 24.0 Å². The normalized spacial score (nSPS) is 32.5. The predicted octanol–water partition coefficient (Wildman–Crippen LogP) is -1.24. The molecule has 70 heavy (non-hydrogen) atoms. The molecule has 0 bridgehead atoms. The van der Waals surface area contributed by atoms with Crippen molar-refractivity contribution in [2.75, 3.05) is 19.8 Å². The molecule has 11 N–H and O–H groups in total. The van der Waals surface area contributed by atoms with E-state index in [1.807, 2.05) is 0 Å². The van der Waals surface area contributed by atoms with E-state index in [2.05, 4.69) is 0 Å². The Bertz CT molecular complexity index is 2190. The van der Waals surface area contributed by atoms with Crippen molar-refractivity contribution in [1.29, 1.82) is 0 Å². The molecule has 0 unspecified atom stereocenters. The predicted molar refractivity (Wildman–Crippen MR) is 239 cm³/mol. The third-order valence-corrected chi connectivity index (χ3v) is 12.7. The minimum Gasteiger partial charge on any atom is -0.461 e. The van der Waals surface area contributed by atoms with Crippen molar-refractivity contribution in [3.63, 3.8) is 0 Å². The lowest BCUT2D eigenvalue weighted by Gasteiger charge is -2.47. The molecule has 3 saturated heterocycles. The zero-order valence-electron chi connectivity index (χ0n) is 38.6. The van der Waals surface area contributed by atoms with E-state index in [1.54, 1.807) is 30.3 Å². The van der Waals surface area contributed by atoms with Crippen molar-refractivity contribution in [1.82, 2.24) is 0 Å². The maximum Gasteiger partial charge on any atom is 0.340 e. The van der Waals surface area contributed by atoms with Gasteiger partial charge >= 0.3 is 17.9 Å². The van der Waals surface area contributed by atoms with Crippen LogP contribution in [0, 0.1) is 5.41 Å². The Kier molecular flexibility index (Phi) is 18.4. The van der Waals surface area contributed by atoms with E-state index in [1.165, 1.54) is 75.4 Å². The van der Waals surface area contributed by atoms with Gasteiger partial charge in [-0.15, -0.1) is 0 Å². The van der Waals surface area contributed by atoms with E-state index in [4.69, 9.17) is 33.2 Å². The highest BCUT2D eigenvalue weighted by Gasteiger charge is 2.58. The van der Waals surface area contributed by atoms with Gasteiger partial charge in [0.05, 0.1) is 26.2 Å². The first kappa shape index (κ1) is 54.5. The Labute approximate surface area is 402 Å². The average Bonchev–Trinajstić information content (AvgIpc) is 3.35. The van der Waals surface area contributed by atoms with Crippen LogP contribution in [-0.4, -0.2) is 179 Å². The SMILES string of the molecule is CC(C)(C)[C@](CC(=O)OCc1ccc([C@@H]2O[C@H](CO)[C@@H](O)[C@H](O)[C@H]2O)cc1)(O[C@@H]1O[C@H](CO)[C@@H](OC(=O)/C=C/c2ccccc2)[C@H](O)[C@H]1O)C(=O)OCc1ccc([C@@H]2O[C@H](CO)[C@@H](O)[C@H](O)[C@H]2O)cc1. The van der Waals surface area contributed by atoms with Crippen LogP contribution in [0.1, 0.15) is 67.2 Å². The van der Waals surface area contributed by atoms with E-state index < -0.39 is 154 Å². The Balaban J connectivity index is 1.21. The number of carbonyl (C=O) groups is 3. The fourth-order valence-electron chi connectivity index (χ4n) is 8.35. The molecule has 0 saturated carbocycles. The third kappa shape index (κ3) is 12.3. The molecular weight excluding hydrogens is 925 g/mol. The first-order valence-electron chi connectivity index (χ1n) is 22.6. The summed E-state index contributed by atoms with van der Waals surface area (Å²) >= 11 is 0. The van der Waals surface area contributed by atoms with Crippen LogP contribution in [-0.2, 0) is 60.8 Å². The molecule has 21 heteroatoms. The van der Waals surface area contributed by atoms with Gasteiger partial charge in [-0.25, -0.2) is 9.59 Å². The molecule has 0 radical (unpaired) electrons. The van der Waals surface area contributed by atoms with E-state index >= 15 is 0 Å². The number of aliphatic hydroxyl groups excluding tert-OH is 11. The lowest BCUT2D eigenvalue weighted by Crippen LogP contribution is -2.65. The number of carbonyl (C=O) groups excluding carboxylic acids is 3. The highest BCUT2D eigenvalue weighted by atomic mass is 16.7. The average molecular weight is 987 g/mol. The molecule has 21 nitrogen and oxygen atoms in total. The van der Waals surface area contributed by atoms with E-state index in [-0.39, 0.29) is 6.61 Å². The van der Waals surface area contributed by atoms with Crippen molar-refractivity contribution in [3.05, 3.63) is 113 Å². The van der Waals surface area contributed by atoms with Crippen molar-refractivity contribution < 1.29 is 104 Å². The highest BCUT2D eigenvalue weighted by molar-refractivity contribution is 5.87. The summed E-state index contributed by atoms with van der Waals surface area (Å²) in [6.07, 6.45) is -21.5. The molecule has 3 fully saturated rings. The summed E-state index contributed by atoms with van der Waals surface area (Å²) in [6, 6.07) is 20.8. The van der Waals surface area contributed by atoms with Crippen LogP contribution in [0.2, 0.25) is 0 Å². The monoisotopic (exact) mass is 986 g/mol. The first-order chi connectivity index (χ1) is 33.2. The van der Waals surface area contributed by atoms with E-state index in [0.717, 1.165) is 6.08 Å². The molecule has 3 heterocycles. The molecule has 3 aliphatic rings. The van der Waals surface area contributed by atoms with Gasteiger partial charge in [-0.3, -0.25) is 4.79 Å². The van der Waals surface area contributed by atoms with Crippen LogP contribution in [0.5, 0.6) is 0 Å². The summed E-state index contributed by atoms with van der Waals surface area (Å²) in [7, 11) is 0. The van der Waals surface area contributed by atoms with Gasteiger partial charge in [0.1, 0.15) is 92.6 Å². The van der Waals surface area contributed by atoms with Crippen LogP contribution < -0.4 is 0 Å². The molecule has 0 aliphatic carbocycles. The van der Waals surface area contributed by atoms with Crippen LogP contribution in [0.3, 0.4) is 0 Å². The van der Waals surface area contributed by atoms with Crippen molar-refractivity contribution in [3.8, 4) is 0 Å². The fourth-order valence-corrected chi connectivity index (χ4v) is 8.35. The molecule has 384 valence electrons. The topological polar surface area (TPSA) is 338 Å². The smallest absolute Gasteiger partial charge is 0.340 e. The second-order valence-electron chi connectivity index (χ2n) is 18.4. The zero-order valence-corrected chi connectivity index (χ0v) is 38.6. The Morgan fingerprint density at radius 2 is 1.06 bits per heavy atom. The Morgan fingerprint density at radius 1 is 0.571 bits per heavy atom. The van der Waals surface area contributed by atoms with Gasteiger partial charge in [0.25, 0.3) is 0 Å². The molecule has 0 aromatic heterocycles. The van der Waals surface area contributed by atoms with Gasteiger partial charge in [0.15, 0.2) is 18.0 Å². The maximum atomic E-state index is 14.6. The lowest BCUT2D eigenvalue weighted by atomic mass is 9.73. The van der Waals surface area contributed by atoms with Gasteiger partial charge in [-0.1, -0.05) is 99.6 Å². The first-order valence-corrected chi connectivity index (χ1v) is 22.6. The van der Waals surface area contributed by atoms with Gasteiger partial charge in [-0.05, 0) is 33.9 Å². The molecule has 0 amide bonds. The van der Waals surface area contributed by atoms with E-state index in [0.29, 0.717) is 27.8 Å². The van der Waals surface area contributed by atoms with Crippen LogP contribution in [0.4, 0.5) is 0 Å². The third-order valence-electron chi connectivity index (χ3n) is 12.7. The number of esters is 3. The van der Waals surface area contributed by atoms with Crippen LogP contribution in [0.25, 0.3) is 6.08 Å². The largest absolute Gasteiger partial charge is 0.461 e. The summed E-state index contributed by atoms with van der Waals surface area (Å²) in [5, 5.41) is 115. The standard InChI is InChI=1S/C49H62O21/c1-48(2,3)49(47(63)65-24-27-11-16-29(17-12-27)44-40(60)38(58)36(56)31(21-51)67-44,19-34(54)64-23-26-9-14-28(15-10-26)43-39(59)37(57)35(55)30(20-50)66-43)70-46-42(62)41(61)45(32(22-52)68-46)69-33(53)18-13-25-7-5-4-6-8-25/h4-18,30-32,35-46,50-52,55-62H,19-24H2,1-3H3/b18-13+/t30-,31-,32-,35-,36-,37+,38+,39-,40-,41-,42-,43+,44+,45-,46+,49-/m1/s1. The van der Waals surface area contributed by atoms with Gasteiger partial charge in [0, 0.05) is 11.5 Å². The molecule has 0 spiro atoms. The number of aliphatic hydroxyl groups is 11. The molecule has 6 rings (SSSR count). The van der Waals surface area contributed by atoms with E-state index in [9.17, 15) is 70.6 Å². The van der Waals surface area contributed by atoms with Gasteiger partial charge in [-0.2, -0.15) is 0 Å². The molecular formula is C49H62O21. The summed E-state index contributed by atoms with van der Waals surface area (Å²) < 4.78 is 40.3. The number of hydrogen-bond acceptors (Lipinski definition) is 21. The van der Waals surface area contributed by atoms with Crippen molar-refractivity contribution in [2.24, 2.45) is 5.41 Å². The quantitative estimate of drug-likeness (QED) is 0.0428. The summed E-state index contributed by atoms with van der Waals surface area (Å²) in [6.45, 7) is 1.62. The summed E-state index contributed by atoms with van der Waals surface area (Å²) in [5.74, 6) is -3.12. The minimum atomic E-state index is -2.40. The fraction of sp³-hybridized carbons (Fsp3) is 0.531. The lowest BCUT2D eigenvalue weighted by molar-refractivity contribution is -0.336. The molecule has 3 aromatic rings. The number of rotatable bonds is 17. The highest BCUT2D eigenvalue weighted by Crippen LogP contribution is 2.42. The Morgan fingerprint density at radius 3 is 1.53 bits per heavy atom. The summed E-state index contributed by atoms with van der Waals surface area (Å²) in [4.78, 5) is 41.4. The van der Waals surface area contributed by atoms with Crippen molar-refractivity contribution in [2.45, 2.75) is 138 Å². The van der Waals surface area contributed by atoms with Crippen LogP contribution >= 0.6 is 0 Å². The van der Waals surface area contributed by atoms with Crippen LogP contribution in [0.15, 0.2) is 84.9 Å². The number of ether oxygens (including phenoxy) is 7. The second-order valence-corrected chi connectivity index (χ2v) is 18.4. The van der Waals surface area contributed by atoms with Gasteiger partial charge in [0.2, 0.25) is 0 Å². The molecule has 3 aromatic carbocycles. The molecule has 16 atom stereocenters. The zero-order chi connectivity index (χ0) is 51.1. The van der Waals surface area contributed by atoms with Gasteiger partial charge < -0.3 is 89.3 Å².